The number of nitrogens with zero attached hydrogens (tertiary/aromatic N) is 2. The molecular formula is C20H29FN2O3. The Morgan fingerprint density at radius 3 is 2.69 bits per heavy atom. The summed E-state index contributed by atoms with van der Waals surface area (Å²) in [7, 11) is 0. The first-order valence-corrected chi connectivity index (χ1v) is 9.53. The fraction of sp³-hybridized carbons (Fsp3) is 0.650. The van der Waals surface area contributed by atoms with Crippen molar-refractivity contribution in [3.63, 3.8) is 0 Å². The Balaban J connectivity index is 1.79. The highest BCUT2D eigenvalue weighted by Crippen LogP contribution is 2.34. The van der Waals surface area contributed by atoms with E-state index in [-0.39, 0.29) is 30.0 Å². The lowest BCUT2D eigenvalue weighted by molar-refractivity contribution is 0.0205. The largest absolute Gasteiger partial charge is 0.394 e. The maximum atomic E-state index is 14.3. The monoisotopic (exact) mass is 364 g/mol. The molecule has 0 radical (unpaired) electrons. The van der Waals surface area contributed by atoms with Gasteiger partial charge >= 0.3 is 0 Å². The number of halogens is 1. The Kier molecular flexibility index (Phi) is 6.27. The second-order valence-electron chi connectivity index (χ2n) is 7.44. The summed E-state index contributed by atoms with van der Waals surface area (Å²) in [5.41, 5.74) is 0.881. The van der Waals surface area contributed by atoms with Crippen molar-refractivity contribution in [3.05, 3.63) is 35.1 Å². The standard InChI is InChI=1S/C20H29FN2O3/c1-3-15-11-23(20(25)16-5-4-14(2)10-18(16)21)19(13-24)17(15)12-22-6-8-26-9-7-22/h4-5,10,15,17,19,24H,3,6-9,11-13H2,1-2H3/t15-,17-,19-/m1/s1. The summed E-state index contributed by atoms with van der Waals surface area (Å²) < 4.78 is 19.7. The maximum Gasteiger partial charge on any atom is 0.257 e. The highest BCUT2D eigenvalue weighted by Gasteiger charge is 2.43. The Bertz CT molecular complexity index is 633. The zero-order valence-corrected chi connectivity index (χ0v) is 15.7. The summed E-state index contributed by atoms with van der Waals surface area (Å²) in [4.78, 5) is 17.0. The van der Waals surface area contributed by atoms with Crippen LogP contribution in [0.1, 0.15) is 29.3 Å². The van der Waals surface area contributed by atoms with E-state index in [1.54, 1.807) is 24.0 Å². The van der Waals surface area contributed by atoms with E-state index < -0.39 is 5.82 Å². The average Bonchev–Trinajstić information content (AvgIpc) is 2.99. The normalized spacial score (nSPS) is 27.1. The summed E-state index contributed by atoms with van der Waals surface area (Å²) in [5, 5.41) is 10.0. The van der Waals surface area contributed by atoms with E-state index in [9.17, 15) is 14.3 Å². The molecule has 3 rings (SSSR count). The molecule has 2 saturated heterocycles. The van der Waals surface area contributed by atoms with Gasteiger partial charge in [-0.2, -0.15) is 0 Å². The summed E-state index contributed by atoms with van der Waals surface area (Å²) in [6.45, 7) is 8.45. The van der Waals surface area contributed by atoms with Crippen LogP contribution in [0.2, 0.25) is 0 Å². The molecule has 0 unspecified atom stereocenters. The molecule has 2 aliphatic heterocycles. The third-order valence-electron chi connectivity index (χ3n) is 5.83. The molecule has 1 aromatic carbocycles. The summed E-state index contributed by atoms with van der Waals surface area (Å²) in [6, 6.07) is 4.43. The minimum absolute atomic E-state index is 0.0925. The number of hydrogen-bond donors (Lipinski definition) is 1. The van der Waals surface area contributed by atoms with Gasteiger partial charge in [0.2, 0.25) is 0 Å². The molecule has 0 bridgehead atoms. The zero-order valence-electron chi connectivity index (χ0n) is 15.7. The Labute approximate surface area is 154 Å². The number of carbonyl (C=O) groups excluding carboxylic acids is 1. The molecule has 5 nitrogen and oxygen atoms in total. The number of likely N-dealkylation sites (tertiary alicyclic amines) is 1. The van der Waals surface area contributed by atoms with Gasteiger partial charge in [0.15, 0.2) is 0 Å². The fourth-order valence-corrected chi connectivity index (χ4v) is 4.27. The van der Waals surface area contributed by atoms with Gasteiger partial charge in [0, 0.05) is 26.2 Å². The molecule has 0 aromatic heterocycles. The van der Waals surface area contributed by atoms with Crippen molar-refractivity contribution < 1.29 is 19.0 Å². The lowest BCUT2D eigenvalue weighted by Crippen LogP contribution is -2.46. The van der Waals surface area contributed by atoms with E-state index in [0.717, 1.165) is 44.8 Å². The van der Waals surface area contributed by atoms with Crippen LogP contribution in [0.15, 0.2) is 18.2 Å². The second-order valence-corrected chi connectivity index (χ2v) is 7.44. The minimum Gasteiger partial charge on any atom is -0.394 e. The van der Waals surface area contributed by atoms with Crippen LogP contribution in [0, 0.1) is 24.6 Å². The molecule has 6 heteroatoms. The first-order chi connectivity index (χ1) is 12.5. The molecule has 144 valence electrons. The smallest absolute Gasteiger partial charge is 0.257 e. The van der Waals surface area contributed by atoms with E-state index in [2.05, 4.69) is 11.8 Å². The quantitative estimate of drug-likeness (QED) is 0.867. The molecular weight excluding hydrogens is 335 g/mol. The van der Waals surface area contributed by atoms with Crippen molar-refractivity contribution in [1.82, 2.24) is 9.80 Å². The van der Waals surface area contributed by atoms with Crippen LogP contribution in [-0.2, 0) is 4.74 Å². The van der Waals surface area contributed by atoms with Gasteiger partial charge in [-0.1, -0.05) is 19.4 Å². The van der Waals surface area contributed by atoms with Crippen molar-refractivity contribution in [3.8, 4) is 0 Å². The van der Waals surface area contributed by atoms with E-state index in [1.807, 2.05) is 0 Å². The number of carbonyl (C=O) groups is 1. The van der Waals surface area contributed by atoms with Crippen LogP contribution in [0.4, 0.5) is 4.39 Å². The number of aliphatic hydroxyl groups is 1. The van der Waals surface area contributed by atoms with Gasteiger partial charge in [-0.3, -0.25) is 9.69 Å². The van der Waals surface area contributed by atoms with Gasteiger partial charge in [0.1, 0.15) is 5.82 Å². The van der Waals surface area contributed by atoms with Crippen molar-refractivity contribution in [2.75, 3.05) is 46.0 Å². The number of rotatable bonds is 5. The third-order valence-corrected chi connectivity index (χ3v) is 5.83. The Morgan fingerprint density at radius 2 is 2.08 bits per heavy atom. The van der Waals surface area contributed by atoms with Crippen LogP contribution in [0.5, 0.6) is 0 Å². The number of aliphatic hydroxyl groups excluding tert-OH is 1. The third kappa shape index (κ3) is 3.92. The molecule has 0 aliphatic carbocycles. The van der Waals surface area contributed by atoms with Gasteiger partial charge in [-0.05, 0) is 36.5 Å². The van der Waals surface area contributed by atoms with Crippen molar-refractivity contribution in [2.45, 2.75) is 26.3 Å². The van der Waals surface area contributed by atoms with Crippen LogP contribution in [0.3, 0.4) is 0 Å². The highest BCUT2D eigenvalue weighted by atomic mass is 19.1. The number of amides is 1. The van der Waals surface area contributed by atoms with E-state index in [1.165, 1.54) is 6.07 Å². The first kappa shape index (κ1) is 19.3. The topological polar surface area (TPSA) is 53.0 Å². The second kappa shape index (κ2) is 8.46. The molecule has 26 heavy (non-hydrogen) atoms. The van der Waals surface area contributed by atoms with Crippen LogP contribution < -0.4 is 0 Å². The zero-order chi connectivity index (χ0) is 18.7. The lowest BCUT2D eigenvalue weighted by atomic mass is 9.88. The summed E-state index contributed by atoms with van der Waals surface area (Å²) in [5.74, 6) is -0.297. The van der Waals surface area contributed by atoms with Gasteiger partial charge in [-0.15, -0.1) is 0 Å². The van der Waals surface area contributed by atoms with Gasteiger partial charge in [-0.25, -0.2) is 4.39 Å². The first-order valence-electron chi connectivity index (χ1n) is 9.53. The Hall–Kier alpha value is -1.50. The molecule has 0 spiro atoms. The predicted molar refractivity (Wildman–Crippen MR) is 97.6 cm³/mol. The van der Waals surface area contributed by atoms with E-state index in [4.69, 9.17) is 4.74 Å². The maximum absolute atomic E-state index is 14.3. The molecule has 1 amide bonds. The van der Waals surface area contributed by atoms with Gasteiger partial charge in [0.05, 0.1) is 31.4 Å². The van der Waals surface area contributed by atoms with Crippen LogP contribution in [-0.4, -0.2) is 72.9 Å². The lowest BCUT2D eigenvalue weighted by Gasteiger charge is -2.33. The molecule has 2 aliphatic rings. The molecule has 1 N–H and O–H groups in total. The van der Waals surface area contributed by atoms with Crippen molar-refractivity contribution >= 4 is 5.91 Å². The van der Waals surface area contributed by atoms with E-state index >= 15 is 0 Å². The number of aryl methyl sites for hydroxylation is 1. The van der Waals surface area contributed by atoms with Crippen LogP contribution >= 0.6 is 0 Å². The molecule has 2 heterocycles. The number of benzene rings is 1. The number of ether oxygens (including phenoxy) is 1. The molecule has 3 atom stereocenters. The fourth-order valence-electron chi connectivity index (χ4n) is 4.27. The van der Waals surface area contributed by atoms with E-state index in [0.29, 0.717) is 12.5 Å². The number of hydrogen-bond acceptors (Lipinski definition) is 4. The van der Waals surface area contributed by atoms with Gasteiger partial charge < -0.3 is 14.7 Å². The molecule has 0 saturated carbocycles. The molecule has 1 aromatic rings. The van der Waals surface area contributed by atoms with Crippen molar-refractivity contribution in [1.29, 1.82) is 0 Å². The van der Waals surface area contributed by atoms with Crippen LogP contribution in [0.25, 0.3) is 0 Å². The average molecular weight is 364 g/mol. The Morgan fingerprint density at radius 1 is 1.35 bits per heavy atom. The summed E-state index contributed by atoms with van der Waals surface area (Å²) >= 11 is 0. The van der Waals surface area contributed by atoms with Crippen molar-refractivity contribution in [2.24, 2.45) is 11.8 Å². The minimum atomic E-state index is -0.489. The SMILES string of the molecule is CC[C@@H]1CN(C(=O)c2ccc(C)cc2F)[C@H](CO)[C@@H]1CN1CCOCC1. The number of morpholine rings is 1. The highest BCUT2D eigenvalue weighted by molar-refractivity contribution is 5.95. The summed E-state index contributed by atoms with van der Waals surface area (Å²) in [6.07, 6.45) is 0.936. The molecule has 2 fully saturated rings. The van der Waals surface area contributed by atoms with Gasteiger partial charge in [0.25, 0.3) is 5.91 Å². The predicted octanol–water partition coefficient (Wildman–Crippen LogP) is 1.93.